The van der Waals surface area contributed by atoms with Crippen LogP contribution in [0.3, 0.4) is 0 Å². The molecule has 0 bridgehead atoms. The number of hydrogen-bond donors (Lipinski definition) is 3. The maximum Gasteiger partial charge on any atom is 0.348 e. The maximum atomic E-state index is 11.2. The molecule has 0 aliphatic carbocycles. The normalized spacial score (nSPS) is 11.9. The zero-order valence-corrected chi connectivity index (χ0v) is 9.06. The second-order valence-electron chi connectivity index (χ2n) is 4.20. The van der Waals surface area contributed by atoms with E-state index in [1.807, 2.05) is 0 Å². The second kappa shape index (κ2) is 3.60. The summed E-state index contributed by atoms with van der Waals surface area (Å²) in [6.07, 6.45) is 1.38. The van der Waals surface area contributed by atoms with Crippen LogP contribution in [0.15, 0.2) is 17.2 Å². The molecule has 0 amide bonds. The van der Waals surface area contributed by atoms with E-state index in [1.165, 1.54) is 10.7 Å². The van der Waals surface area contributed by atoms with Crippen molar-refractivity contribution in [2.45, 2.75) is 19.4 Å². The van der Waals surface area contributed by atoms with Crippen LogP contribution in [0.4, 0.5) is 5.82 Å². The number of anilines is 1. The minimum atomic E-state index is -0.820. The molecule has 0 spiro atoms. The molecule has 2 aromatic heterocycles. The van der Waals surface area contributed by atoms with Gasteiger partial charge in [0.15, 0.2) is 5.65 Å². The van der Waals surface area contributed by atoms with Crippen molar-refractivity contribution >= 4 is 11.5 Å². The lowest BCUT2D eigenvalue weighted by Crippen LogP contribution is -2.29. The van der Waals surface area contributed by atoms with E-state index in [0.717, 1.165) is 0 Å². The van der Waals surface area contributed by atoms with Gasteiger partial charge in [0, 0.05) is 12.6 Å². The van der Waals surface area contributed by atoms with Gasteiger partial charge in [-0.15, -0.1) is 0 Å². The molecule has 7 nitrogen and oxygen atoms in total. The molecule has 0 unspecified atom stereocenters. The first kappa shape index (κ1) is 10.6. The Morgan fingerprint density at radius 2 is 2.38 bits per heavy atom. The highest BCUT2D eigenvalue weighted by molar-refractivity contribution is 5.48. The van der Waals surface area contributed by atoms with E-state index in [4.69, 9.17) is 0 Å². The summed E-state index contributed by atoms with van der Waals surface area (Å²) in [7, 11) is 0. The summed E-state index contributed by atoms with van der Waals surface area (Å²) in [4.78, 5) is 15.2. The summed E-state index contributed by atoms with van der Waals surface area (Å²) >= 11 is 0. The fourth-order valence-electron chi connectivity index (χ4n) is 1.21. The van der Waals surface area contributed by atoms with E-state index in [2.05, 4.69) is 20.5 Å². The molecule has 0 aromatic carbocycles. The predicted molar refractivity (Wildman–Crippen MR) is 58.4 cm³/mol. The van der Waals surface area contributed by atoms with Crippen LogP contribution in [0.5, 0.6) is 0 Å². The maximum absolute atomic E-state index is 11.2. The first-order chi connectivity index (χ1) is 7.46. The van der Waals surface area contributed by atoms with Crippen molar-refractivity contribution in [1.82, 2.24) is 19.6 Å². The number of nitrogens with zero attached hydrogens (tertiary/aromatic N) is 3. The van der Waals surface area contributed by atoms with Gasteiger partial charge in [0.25, 0.3) is 0 Å². The highest BCUT2D eigenvalue weighted by atomic mass is 16.3. The van der Waals surface area contributed by atoms with Gasteiger partial charge in [0.05, 0.1) is 5.60 Å². The molecule has 2 rings (SSSR count). The number of rotatable bonds is 3. The summed E-state index contributed by atoms with van der Waals surface area (Å²) in [5.41, 5.74) is -0.659. The summed E-state index contributed by atoms with van der Waals surface area (Å²) in [5.74, 6) is 0.564. The van der Waals surface area contributed by atoms with Crippen LogP contribution >= 0.6 is 0 Å². The van der Waals surface area contributed by atoms with Crippen molar-refractivity contribution in [1.29, 1.82) is 0 Å². The lowest BCUT2D eigenvalue weighted by Gasteiger charge is -2.17. The molecule has 2 heterocycles. The predicted octanol–water partition coefficient (Wildman–Crippen LogP) is -0.400. The fourth-order valence-corrected chi connectivity index (χ4v) is 1.21. The van der Waals surface area contributed by atoms with E-state index in [-0.39, 0.29) is 5.69 Å². The van der Waals surface area contributed by atoms with Gasteiger partial charge in [-0.2, -0.15) is 5.10 Å². The monoisotopic (exact) mass is 223 g/mol. The molecule has 86 valence electrons. The Hall–Kier alpha value is -1.89. The molecular weight excluding hydrogens is 210 g/mol. The molecule has 0 saturated heterocycles. The zero-order valence-electron chi connectivity index (χ0n) is 9.06. The van der Waals surface area contributed by atoms with Crippen molar-refractivity contribution in [3.63, 3.8) is 0 Å². The van der Waals surface area contributed by atoms with E-state index in [1.54, 1.807) is 19.9 Å². The highest BCUT2D eigenvalue weighted by Crippen LogP contribution is 2.07. The number of aliphatic hydroxyl groups is 1. The number of hydrogen-bond acceptors (Lipinski definition) is 5. The SMILES string of the molecule is CC(C)(O)CNc1cc2n[nH]c(=O)n2cn1. The van der Waals surface area contributed by atoms with Crippen LogP contribution in [0.2, 0.25) is 0 Å². The second-order valence-corrected chi connectivity index (χ2v) is 4.20. The molecule has 0 radical (unpaired) electrons. The van der Waals surface area contributed by atoms with E-state index < -0.39 is 5.60 Å². The van der Waals surface area contributed by atoms with Crippen LogP contribution in [0, 0.1) is 0 Å². The van der Waals surface area contributed by atoms with Crippen LogP contribution < -0.4 is 11.0 Å². The van der Waals surface area contributed by atoms with E-state index in [0.29, 0.717) is 18.0 Å². The van der Waals surface area contributed by atoms with Gasteiger partial charge in [-0.3, -0.25) is 0 Å². The first-order valence-electron chi connectivity index (χ1n) is 4.85. The van der Waals surface area contributed by atoms with Crippen molar-refractivity contribution in [2.75, 3.05) is 11.9 Å². The largest absolute Gasteiger partial charge is 0.389 e. The van der Waals surface area contributed by atoms with Crippen LogP contribution in [-0.2, 0) is 0 Å². The molecule has 7 heteroatoms. The fraction of sp³-hybridized carbons (Fsp3) is 0.444. The lowest BCUT2D eigenvalue weighted by atomic mass is 10.1. The Balaban J connectivity index is 2.23. The molecule has 0 saturated carbocycles. The van der Waals surface area contributed by atoms with Gasteiger partial charge < -0.3 is 10.4 Å². The molecule has 0 atom stereocenters. The van der Waals surface area contributed by atoms with Crippen molar-refractivity contribution in [2.24, 2.45) is 0 Å². The third kappa shape index (κ3) is 2.19. The standard InChI is InChI=1S/C9H13N5O2/c1-9(2,16)4-10-6-3-7-12-13-8(15)14(7)5-11-6/h3,5,10,16H,4H2,1-2H3,(H,13,15). The molecule has 0 fully saturated rings. The van der Waals surface area contributed by atoms with Gasteiger partial charge in [-0.05, 0) is 13.8 Å². The van der Waals surface area contributed by atoms with E-state index >= 15 is 0 Å². The lowest BCUT2D eigenvalue weighted by molar-refractivity contribution is 0.0944. The Morgan fingerprint density at radius 1 is 1.62 bits per heavy atom. The van der Waals surface area contributed by atoms with E-state index in [9.17, 15) is 9.90 Å². The van der Waals surface area contributed by atoms with Crippen molar-refractivity contribution in [3.8, 4) is 0 Å². The minimum Gasteiger partial charge on any atom is -0.389 e. The third-order valence-electron chi connectivity index (χ3n) is 2.01. The molecule has 0 aliphatic rings. The van der Waals surface area contributed by atoms with Gasteiger partial charge >= 0.3 is 5.69 Å². The highest BCUT2D eigenvalue weighted by Gasteiger charge is 2.12. The van der Waals surface area contributed by atoms with Gasteiger partial charge in [0.1, 0.15) is 12.1 Å². The smallest absolute Gasteiger partial charge is 0.348 e. The number of nitrogens with one attached hydrogen (secondary N) is 2. The van der Waals surface area contributed by atoms with Crippen molar-refractivity contribution in [3.05, 3.63) is 22.9 Å². The third-order valence-corrected chi connectivity index (χ3v) is 2.01. The Bertz CT molecular complexity index is 551. The van der Waals surface area contributed by atoms with Gasteiger partial charge in [-0.1, -0.05) is 0 Å². The summed E-state index contributed by atoms with van der Waals surface area (Å²) in [6.45, 7) is 3.75. The van der Waals surface area contributed by atoms with Gasteiger partial charge in [-0.25, -0.2) is 19.3 Å². The average Bonchev–Trinajstić information content (AvgIpc) is 2.56. The molecule has 3 N–H and O–H groups in total. The summed E-state index contributed by atoms with van der Waals surface area (Å²) < 4.78 is 1.30. The summed E-state index contributed by atoms with van der Waals surface area (Å²) in [5, 5.41) is 18.6. The van der Waals surface area contributed by atoms with Gasteiger partial charge in [0.2, 0.25) is 0 Å². The summed E-state index contributed by atoms with van der Waals surface area (Å²) in [6, 6.07) is 1.63. The molecule has 0 aliphatic heterocycles. The molecular formula is C9H13N5O2. The first-order valence-corrected chi connectivity index (χ1v) is 4.85. The van der Waals surface area contributed by atoms with Crippen LogP contribution in [0.1, 0.15) is 13.8 Å². The Morgan fingerprint density at radius 3 is 3.06 bits per heavy atom. The van der Waals surface area contributed by atoms with Crippen LogP contribution in [-0.4, -0.2) is 36.8 Å². The number of aromatic amines is 1. The zero-order chi connectivity index (χ0) is 11.8. The Labute approximate surface area is 91.1 Å². The Kier molecular flexibility index (Phi) is 2.39. The van der Waals surface area contributed by atoms with Crippen molar-refractivity contribution < 1.29 is 5.11 Å². The number of fused-ring (bicyclic) bond motifs is 1. The molecule has 2 aromatic rings. The van der Waals surface area contributed by atoms with Crippen LogP contribution in [0.25, 0.3) is 5.65 Å². The minimum absolute atomic E-state index is 0.323. The quantitative estimate of drug-likeness (QED) is 0.658. The molecule has 16 heavy (non-hydrogen) atoms. The topological polar surface area (TPSA) is 95.3 Å². The number of aromatic nitrogens is 4. The average molecular weight is 223 g/mol. The number of H-pyrrole nitrogens is 1.